The molecule has 0 saturated heterocycles. The van der Waals surface area contributed by atoms with E-state index < -0.39 is 0 Å². The molecule has 3 heteroatoms. The third-order valence-electron chi connectivity index (χ3n) is 5.26. The number of carbonyl (C=O) groups is 1. The van der Waals surface area contributed by atoms with E-state index in [9.17, 15) is 9.90 Å². The summed E-state index contributed by atoms with van der Waals surface area (Å²) in [6.45, 7) is 0. The minimum absolute atomic E-state index is 0.00728. The molecule has 1 saturated carbocycles. The fourth-order valence-corrected chi connectivity index (χ4v) is 3.93. The summed E-state index contributed by atoms with van der Waals surface area (Å²) in [6, 6.07) is 23.8. The van der Waals surface area contributed by atoms with Crippen molar-refractivity contribution in [1.82, 2.24) is 0 Å². The summed E-state index contributed by atoms with van der Waals surface area (Å²) in [5.74, 6) is -0.119. The number of ketones is 1. The van der Waals surface area contributed by atoms with Crippen LogP contribution in [0.15, 0.2) is 84.1 Å². The summed E-state index contributed by atoms with van der Waals surface area (Å²) in [5, 5.41) is 21.2. The molecule has 1 aliphatic rings. The van der Waals surface area contributed by atoms with E-state index in [0.29, 0.717) is 12.8 Å². The molecule has 0 spiro atoms. The van der Waals surface area contributed by atoms with Crippen LogP contribution in [0.3, 0.4) is 0 Å². The average Bonchev–Trinajstić information content (AvgIpc) is 2.68. The Morgan fingerprint density at radius 2 is 1.63 bits per heavy atom. The molecule has 1 unspecified atom stereocenters. The van der Waals surface area contributed by atoms with E-state index in [0.717, 1.165) is 21.9 Å². The van der Waals surface area contributed by atoms with Crippen LogP contribution in [0.1, 0.15) is 29.9 Å². The summed E-state index contributed by atoms with van der Waals surface area (Å²) in [7, 11) is 0. The number of carbonyl (C=O) groups excluding carboxylic acids is 1. The quantitative estimate of drug-likeness (QED) is 0.491. The minimum Gasteiger partial charge on any atom is -0.511 e. The van der Waals surface area contributed by atoms with Crippen molar-refractivity contribution in [2.45, 2.75) is 25.2 Å². The smallest absolute Gasteiger partial charge is 0.168 e. The number of allylic oxidation sites excluding steroid dienone is 2. The van der Waals surface area contributed by atoms with Gasteiger partial charge in [-0.1, -0.05) is 72.8 Å². The van der Waals surface area contributed by atoms with Gasteiger partial charge in [0, 0.05) is 18.6 Å². The Kier molecular flexibility index (Phi) is 4.59. The molecule has 3 nitrogen and oxygen atoms in total. The molecule has 1 aliphatic carbocycles. The van der Waals surface area contributed by atoms with Gasteiger partial charge in [-0.15, -0.1) is 0 Å². The van der Waals surface area contributed by atoms with E-state index in [1.807, 2.05) is 72.8 Å². The number of hydrogen-bond donors (Lipinski definition) is 2. The van der Waals surface area contributed by atoms with Crippen LogP contribution in [0.5, 0.6) is 0 Å². The first kappa shape index (κ1) is 17.2. The van der Waals surface area contributed by atoms with E-state index in [2.05, 4.69) is 0 Å². The Hall–Kier alpha value is -3.20. The van der Waals surface area contributed by atoms with E-state index in [1.54, 1.807) is 0 Å². The summed E-state index contributed by atoms with van der Waals surface area (Å²) in [5.41, 5.74) is 2.47. The van der Waals surface area contributed by atoms with Crippen molar-refractivity contribution in [2.75, 3.05) is 0 Å². The summed E-state index contributed by atoms with van der Waals surface area (Å²) < 4.78 is 0. The molecular weight excluding hydrogens is 334 g/mol. The van der Waals surface area contributed by atoms with Gasteiger partial charge in [-0.25, -0.2) is 0 Å². The van der Waals surface area contributed by atoms with Crippen LogP contribution in [0, 0.1) is 5.41 Å². The number of rotatable bonds is 3. The van der Waals surface area contributed by atoms with Crippen LogP contribution < -0.4 is 0 Å². The maximum atomic E-state index is 12.7. The molecule has 1 atom stereocenters. The second-order valence-corrected chi connectivity index (χ2v) is 7.05. The van der Waals surface area contributed by atoms with Gasteiger partial charge in [0.2, 0.25) is 0 Å². The van der Waals surface area contributed by atoms with Gasteiger partial charge in [0.05, 0.1) is 5.57 Å². The van der Waals surface area contributed by atoms with E-state index in [-0.39, 0.29) is 35.2 Å². The van der Waals surface area contributed by atoms with Crippen LogP contribution in [-0.2, 0) is 11.2 Å². The van der Waals surface area contributed by atoms with Crippen LogP contribution in [0.2, 0.25) is 0 Å². The van der Waals surface area contributed by atoms with Crippen molar-refractivity contribution >= 4 is 22.3 Å². The number of hydrogen-bond acceptors (Lipinski definition) is 3. The highest BCUT2D eigenvalue weighted by molar-refractivity contribution is 6.23. The van der Waals surface area contributed by atoms with Crippen molar-refractivity contribution in [2.24, 2.45) is 0 Å². The molecule has 0 heterocycles. The highest BCUT2D eigenvalue weighted by atomic mass is 16.3. The third kappa shape index (κ3) is 3.41. The van der Waals surface area contributed by atoms with Gasteiger partial charge in [-0.3, -0.25) is 4.79 Å². The molecule has 0 amide bonds. The molecule has 1 fully saturated rings. The zero-order valence-electron chi connectivity index (χ0n) is 15.0. The van der Waals surface area contributed by atoms with Gasteiger partial charge in [0.25, 0.3) is 0 Å². The fraction of sp³-hybridized carbons (Fsp3) is 0.167. The summed E-state index contributed by atoms with van der Waals surface area (Å²) in [4.78, 5) is 12.7. The highest BCUT2D eigenvalue weighted by Gasteiger charge is 2.31. The van der Waals surface area contributed by atoms with E-state index in [4.69, 9.17) is 5.41 Å². The number of benzene rings is 3. The van der Waals surface area contributed by atoms with Crippen molar-refractivity contribution in [3.8, 4) is 0 Å². The molecule has 4 rings (SSSR count). The maximum absolute atomic E-state index is 12.7. The first-order valence-corrected chi connectivity index (χ1v) is 9.18. The number of aliphatic hydroxyl groups excluding tert-OH is 1. The van der Waals surface area contributed by atoms with Crippen LogP contribution in [0.25, 0.3) is 10.8 Å². The molecule has 3 aromatic carbocycles. The van der Waals surface area contributed by atoms with Crippen LogP contribution in [-0.4, -0.2) is 16.6 Å². The predicted molar refractivity (Wildman–Crippen MR) is 108 cm³/mol. The Bertz CT molecular complexity index is 1020. The molecule has 0 aromatic heterocycles. The lowest BCUT2D eigenvalue weighted by molar-refractivity contribution is -0.115. The fourth-order valence-electron chi connectivity index (χ4n) is 3.93. The largest absolute Gasteiger partial charge is 0.511 e. The van der Waals surface area contributed by atoms with Gasteiger partial charge in [-0.05, 0) is 34.2 Å². The Balaban J connectivity index is 1.63. The lowest BCUT2D eigenvalue weighted by Crippen LogP contribution is -2.26. The summed E-state index contributed by atoms with van der Waals surface area (Å²) in [6.07, 6.45) is 1.08. The molecule has 0 aliphatic heterocycles. The van der Waals surface area contributed by atoms with Crippen molar-refractivity contribution in [3.63, 3.8) is 0 Å². The molecule has 0 radical (unpaired) electrons. The van der Waals surface area contributed by atoms with E-state index in [1.165, 1.54) is 0 Å². The standard InChI is InChI=1S/C24H21NO2/c25-21-13-19(16-7-2-1-3-8-16)15-23(27)24(21)22(26)14-18-11-6-10-17-9-4-5-12-20(17)18/h1-12,19,25-26H,13-15H2/b24-22-,25-21?. The predicted octanol–water partition coefficient (Wildman–Crippen LogP) is 5.36. The van der Waals surface area contributed by atoms with Gasteiger partial charge >= 0.3 is 0 Å². The summed E-state index contributed by atoms with van der Waals surface area (Å²) >= 11 is 0. The zero-order valence-corrected chi connectivity index (χ0v) is 15.0. The lowest BCUT2D eigenvalue weighted by Gasteiger charge is -2.25. The molecule has 134 valence electrons. The SMILES string of the molecule is N=C1CC(c2ccccc2)CC(=O)/C1=C(\O)Cc1cccc2ccccc12. The second-order valence-electron chi connectivity index (χ2n) is 7.05. The number of Topliss-reactive ketones (excluding diaryl/α,β-unsaturated/α-hetero) is 1. The molecular formula is C24H21NO2. The van der Waals surface area contributed by atoms with E-state index >= 15 is 0 Å². The maximum Gasteiger partial charge on any atom is 0.168 e. The zero-order chi connectivity index (χ0) is 18.8. The molecule has 0 bridgehead atoms. The highest BCUT2D eigenvalue weighted by Crippen LogP contribution is 2.33. The lowest BCUT2D eigenvalue weighted by atomic mass is 9.78. The normalized spacial score (nSPS) is 19.3. The van der Waals surface area contributed by atoms with Crippen molar-refractivity contribution in [3.05, 3.63) is 95.3 Å². The second kappa shape index (κ2) is 7.20. The Morgan fingerprint density at radius 1 is 0.926 bits per heavy atom. The van der Waals surface area contributed by atoms with Gasteiger partial charge in [0.1, 0.15) is 5.76 Å². The van der Waals surface area contributed by atoms with Gasteiger partial charge in [0.15, 0.2) is 5.78 Å². The van der Waals surface area contributed by atoms with Crippen LogP contribution >= 0.6 is 0 Å². The number of fused-ring (bicyclic) bond motifs is 1. The minimum atomic E-state index is -0.141. The number of aliphatic hydroxyl groups is 1. The average molecular weight is 355 g/mol. The van der Waals surface area contributed by atoms with Crippen molar-refractivity contribution < 1.29 is 9.90 Å². The first-order valence-electron chi connectivity index (χ1n) is 9.18. The Morgan fingerprint density at radius 3 is 2.41 bits per heavy atom. The number of nitrogens with one attached hydrogen (secondary N) is 1. The molecule has 2 N–H and O–H groups in total. The Labute approximate surface area is 158 Å². The first-order chi connectivity index (χ1) is 13.1. The van der Waals surface area contributed by atoms with Gasteiger partial charge in [-0.2, -0.15) is 0 Å². The van der Waals surface area contributed by atoms with Gasteiger partial charge < -0.3 is 10.5 Å². The monoisotopic (exact) mass is 355 g/mol. The molecule has 3 aromatic rings. The molecule has 27 heavy (non-hydrogen) atoms. The topological polar surface area (TPSA) is 61.2 Å². The van der Waals surface area contributed by atoms with Crippen molar-refractivity contribution in [1.29, 1.82) is 5.41 Å². The van der Waals surface area contributed by atoms with Crippen LogP contribution in [0.4, 0.5) is 0 Å². The third-order valence-corrected chi connectivity index (χ3v) is 5.26.